The number of aryl methyl sites for hydroxylation is 1. The van der Waals surface area contributed by atoms with Gasteiger partial charge in [-0.2, -0.15) is 0 Å². The lowest BCUT2D eigenvalue weighted by atomic mass is 10.1. The molecule has 0 saturated heterocycles. The third-order valence-electron chi connectivity index (χ3n) is 3.12. The molecule has 21 heavy (non-hydrogen) atoms. The molecule has 0 aliphatic heterocycles. The van der Waals surface area contributed by atoms with Crippen molar-refractivity contribution in [1.82, 2.24) is 4.98 Å². The fourth-order valence-corrected chi connectivity index (χ4v) is 2.15. The van der Waals surface area contributed by atoms with Crippen molar-refractivity contribution < 1.29 is 4.74 Å². The Hall–Kier alpha value is -2.14. The molecule has 3 N–H and O–H groups in total. The molecular weight excluding hydrogens is 282 g/mol. The zero-order valence-electron chi connectivity index (χ0n) is 12.2. The summed E-state index contributed by atoms with van der Waals surface area (Å²) in [5.41, 5.74) is 8.64. The van der Waals surface area contributed by atoms with E-state index in [1.165, 1.54) is 5.56 Å². The number of aromatic nitrogens is 1. The van der Waals surface area contributed by atoms with Gasteiger partial charge in [-0.3, -0.25) is 0 Å². The lowest BCUT2D eigenvalue weighted by Gasteiger charge is -2.09. The molecule has 0 radical (unpaired) electrons. The number of benzene rings is 1. The quantitative estimate of drug-likeness (QED) is 0.803. The first-order valence-electron chi connectivity index (χ1n) is 6.74. The van der Waals surface area contributed by atoms with Crippen molar-refractivity contribution >= 4 is 23.0 Å². The first-order chi connectivity index (χ1) is 10.1. The van der Waals surface area contributed by atoms with Crippen LogP contribution in [-0.4, -0.2) is 23.6 Å². The van der Waals surface area contributed by atoms with E-state index in [2.05, 4.69) is 22.4 Å². The normalized spacial score (nSPS) is 10.2. The third-order valence-corrected chi connectivity index (χ3v) is 3.35. The summed E-state index contributed by atoms with van der Waals surface area (Å²) in [6.07, 6.45) is 0.905. The second-order valence-corrected chi connectivity index (χ2v) is 5.21. The Morgan fingerprint density at radius 3 is 2.62 bits per heavy atom. The van der Waals surface area contributed by atoms with Crippen molar-refractivity contribution in [2.45, 2.75) is 13.3 Å². The summed E-state index contributed by atoms with van der Waals surface area (Å²) < 4.78 is 5.14. The summed E-state index contributed by atoms with van der Waals surface area (Å²) >= 11 is 5.00. The van der Waals surface area contributed by atoms with Gasteiger partial charge in [0.1, 0.15) is 16.6 Å². The minimum atomic E-state index is 0.388. The summed E-state index contributed by atoms with van der Waals surface area (Å²) in [5, 5.41) is 3.30. The topological polar surface area (TPSA) is 60.2 Å². The Morgan fingerprint density at radius 1 is 1.29 bits per heavy atom. The summed E-state index contributed by atoms with van der Waals surface area (Å²) in [4.78, 5) is 4.82. The predicted molar refractivity (Wildman–Crippen MR) is 90.0 cm³/mol. The zero-order valence-corrected chi connectivity index (χ0v) is 13.0. The Balaban J connectivity index is 1.95. The van der Waals surface area contributed by atoms with Gasteiger partial charge in [0.25, 0.3) is 0 Å². The van der Waals surface area contributed by atoms with Gasteiger partial charge < -0.3 is 15.8 Å². The monoisotopic (exact) mass is 301 g/mol. The SMILES string of the molecule is COc1ccc(CCNc2cc(C(N)=S)cc(C)n2)cc1. The number of ether oxygens (including phenoxy) is 1. The van der Waals surface area contributed by atoms with Gasteiger partial charge in [0, 0.05) is 17.8 Å². The Morgan fingerprint density at radius 2 is 2.00 bits per heavy atom. The van der Waals surface area contributed by atoms with E-state index in [0.717, 1.165) is 35.8 Å². The molecule has 0 fully saturated rings. The van der Waals surface area contributed by atoms with Gasteiger partial charge >= 0.3 is 0 Å². The Kier molecular flexibility index (Phi) is 5.11. The van der Waals surface area contributed by atoms with Gasteiger partial charge in [0.05, 0.1) is 7.11 Å². The molecule has 4 nitrogen and oxygen atoms in total. The molecule has 0 aliphatic rings. The molecule has 2 aromatic rings. The van der Waals surface area contributed by atoms with Crippen LogP contribution in [-0.2, 0) is 6.42 Å². The summed E-state index contributed by atoms with van der Waals surface area (Å²) in [7, 11) is 1.67. The number of methoxy groups -OCH3 is 1. The molecule has 0 atom stereocenters. The van der Waals surface area contributed by atoms with Crippen LogP contribution in [0.4, 0.5) is 5.82 Å². The maximum Gasteiger partial charge on any atom is 0.126 e. The first kappa shape index (κ1) is 15.3. The smallest absolute Gasteiger partial charge is 0.126 e. The van der Waals surface area contributed by atoms with E-state index in [1.807, 2.05) is 31.2 Å². The Bertz CT molecular complexity index is 626. The number of anilines is 1. The molecule has 0 unspecified atom stereocenters. The van der Waals surface area contributed by atoms with E-state index in [-0.39, 0.29) is 0 Å². The molecule has 110 valence electrons. The maximum absolute atomic E-state index is 5.66. The minimum Gasteiger partial charge on any atom is -0.497 e. The third kappa shape index (κ3) is 4.43. The second kappa shape index (κ2) is 7.04. The Labute approximate surface area is 130 Å². The van der Waals surface area contributed by atoms with E-state index in [1.54, 1.807) is 7.11 Å². The van der Waals surface area contributed by atoms with Crippen LogP contribution in [0.5, 0.6) is 5.75 Å². The molecule has 5 heteroatoms. The van der Waals surface area contributed by atoms with Gasteiger partial charge in [-0.1, -0.05) is 24.4 Å². The molecule has 0 amide bonds. The second-order valence-electron chi connectivity index (χ2n) is 4.77. The van der Waals surface area contributed by atoms with E-state index >= 15 is 0 Å². The van der Waals surface area contributed by atoms with Crippen LogP contribution in [0.1, 0.15) is 16.8 Å². The van der Waals surface area contributed by atoms with Crippen LogP contribution in [0.25, 0.3) is 0 Å². The molecule has 1 aromatic carbocycles. The summed E-state index contributed by atoms with van der Waals surface area (Å²) in [5.74, 6) is 1.67. The van der Waals surface area contributed by atoms with E-state index in [0.29, 0.717) is 4.99 Å². The summed E-state index contributed by atoms with van der Waals surface area (Å²) in [6.45, 7) is 2.72. The van der Waals surface area contributed by atoms with Crippen LogP contribution in [0.15, 0.2) is 36.4 Å². The number of pyridine rings is 1. The van der Waals surface area contributed by atoms with Crippen LogP contribution in [0.3, 0.4) is 0 Å². The number of hydrogen-bond donors (Lipinski definition) is 2. The van der Waals surface area contributed by atoms with Crippen molar-refractivity contribution in [1.29, 1.82) is 0 Å². The lowest BCUT2D eigenvalue weighted by molar-refractivity contribution is 0.414. The fraction of sp³-hybridized carbons (Fsp3) is 0.250. The standard InChI is InChI=1S/C16H19N3OS/c1-11-9-13(16(17)21)10-15(19-11)18-8-7-12-3-5-14(20-2)6-4-12/h3-6,9-10H,7-8H2,1-2H3,(H2,17,21)(H,18,19). The average molecular weight is 301 g/mol. The van der Waals surface area contributed by atoms with Crippen molar-refractivity contribution in [3.05, 3.63) is 53.2 Å². The highest BCUT2D eigenvalue weighted by Crippen LogP contribution is 2.13. The van der Waals surface area contributed by atoms with Crippen molar-refractivity contribution in [3.63, 3.8) is 0 Å². The number of hydrogen-bond acceptors (Lipinski definition) is 4. The van der Waals surface area contributed by atoms with Gasteiger partial charge in [-0.05, 0) is 43.2 Å². The summed E-state index contributed by atoms with van der Waals surface area (Å²) in [6, 6.07) is 11.8. The molecule has 0 spiro atoms. The highest BCUT2D eigenvalue weighted by molar-refractivity contribution is 7.80. The molecule has 2 rings (SSSR count). The van der Waals surface area contributed by atoms with Crippen LogP contribution >= 0.6 is 12.2 Å². The van der Waals surface area contributed by atoms with Gasteiger partial charge in [-0.25, -0.2) is 4.98 Å². The van der Waals surface area contributed by atoms with Crippen LogP contribution in [0, 0.1) is 6.92 Å². The minimum absolute atomic E-state index is 0.388. The molecule has 0 aliphatic carbocycles. The number of nitrogens with one attached hydrogen (secondary N) is 1. The number of rotatable bonds is 6. The van der Waals surface area contributed by atoms with Gasteiger partial charge in [0.15, 0.2) is 0 Å². The van der Waals surface area contributed by atoms with E-state index in [4.69, 9.17) is 22.7 Å². The van der Waals surface area contributed by atoms with Gasteiger partial charge in [0.2, 0.25) is 0 Å². The number of nitrogens with two attached hydrogens (primary N) is 1. The number of nitrogens with zero attached hydrogens (tertiary/aromatic N) is 1. The predicted octanol–water partition coefficient (Wildman–Crippen LogP) is 2.69. The van der Waals surface area contributed by atoms with Crippen molar-refractivity contribution in [2.24, 2.45) is 5.73 Å². The first-order valence-corrected chi connectivity index (χ1v) is 7.14. The van der Waals surface area contributed by atoms with Crippen LogP contribution in [0.2, 0.25) is 0 Å². The van der Waals surface area contributed by atoms with E-state index in [9.17, 15) is 0 Å². The van der Waals surface area contributed by atoms with Gasteiger partial charge in [-0.15, -0.1) is 0 Å². The fourth-order valence-electron chi connectivity index (χ4n) is 2.03. The molecular formula is C16H19N3OS. The number of thiocarbonyl (C=S) groups is 1. The lowest BCUT2D eigenvalue weighted by Crippen LogP contribution is -2.12. The largest absolute Gasteiger partial charge is 0.497 e. The maximum atomic E-state index is 5.66. The van der Waals surface area contributed by atoms with Crippen LogP contribution < -0.4 is 15.8 Å². The molecule has 1 aromatic heterocycles. The molecule has 1 heterocycles. The molecule has 0 saturated carbocycles. The van der Waals surface area contributed by atoms with Crippen molar-refractivity contribution in [2.75, 3.05) is 19.0 Å². The highest BCUT2D eigenvalue weighted by atomic mass is 32.1. The van der Waals surface area contributed by atoms with E-state index < -0.39 is 0 Å². The zero-order chi connectivity index (χ0) is 15.2. The highest BCUT2D eigenvalue weighted by Gasteiger charge is 2.02. The van der Waals surface area contributed by atoms with Crippen molar-refractivity contribution in [3.8, 4) is 5.75 Å². The average Bonchev–Trinajstić information content (AvgIpc) is 2.47. The molecule has 0 bridgehead atoms.